The van der Waals surface area contributed by atoms with Crippen LogP contribution in [0.5, 0.6) is 0 Å². The molecule has 0 aliphatic carbocycles. The maximum atomic E-state index is 11.1. The molecule has 0 aliphatic rings. The Bertz CT molecular complexity index is 240. The number of hydrogen-bond acceptors (Lipinski definition) is 8. The molecule has 0 amide bonds. The first-order valence-electron chi connectivity index (χ1n) is 4.38. The van der Waals surface area contributed by atoms with Crippen LogP contribution in [0.15, 0.2) is 0 Å². The normalized spacial score (nSPS) is 16.3. The predicted octanol–water partition coefficient (Wildman–Crippen LogP) is -2.87. The lowest BCUT2D eigenvalue weighted by Gasteiger charge is -2.19. The molecule has 0 heterocycles. The summed E-state index contributed by atoms with van der Waals surface area (Å²) in [5.41, 5.74) is 0. The number of carbonyl (C=O) groups excluding carboxylic acids is 2. The Kier molecular flexibility index (Phi) is 6.77. The molecule has 94 valence electrons. The highest BCUT2D eigenvalue weighted by Gasteiger charge is 2.30. The van der Waals surface area contributed by atoms with Crippen molar-refractivity contribution in [3.05, 3.63) is 0 Å². The molecule has 0 saturated carbocycles. The van der Waals surface area contributed by atoms with Crippen molar-refractivity contribution in [2.24, 2.45) is 0 Å². The molecule has 8 nitrogen and oxygen atoms in total. The topological polar surface area (TPSA) is 134 Å². The summed E-state index contributed by atoms with van der Waals surface area (Å²) < 4.78 is 0. The van der Waals surface area contributed by atoms with Crippen LogP contribution in [0.3, 0.4) is 0 Å². The molecule has 8 heteroatoms. The van der Waals surface area contributed by atoms with Crippen molar-refractivity contribution in [1.82, 2.24) is 0 Å². The molecule has 0 aromatic heterocycles. The van der Waals surface area contributed by atoms with Gasteiger partial charge in [0.1, 0.15) is 18.3 Å². The van der Waals surface area contributed by atoms with Crippen LogP contribution in [0, 0.1) is 0 Å². The maximum absolute atomic E-state index is 11.1. The van der Waals surface area contributed by atoms with Gasteiger partial charge >= 0.3 is 5.97 Å². The molecule has 4 N–H and O–H groups in total. The lowest BCUT2D eigenvalue weighted by molar-refractivity contribution is -0.267. The van der Waals surface area contributed by atoms with Crippen LogP contribution in [-0.2, 0) is 19.4 Å². The first-order chi connectivity index (χ1) is 7.40. The van der Waals surface area contributed by atoms with Crippen LogP contribution in [0.4, 0.5) is 0 Å². The minimum atomic E-state index is -1.93. The zero-order valence-electron chi connectivity index (χ0n) is 8.57. The third-order valence-electron chi connectivity index (χ3n) is 1.61. The van der Waals surface area contributed by atoms with E-state index in [0.29, 0.717) is 0 Å². The zero-order chi connectivity index (χ0) is 12.7. The molecule has 0 radical (unpaired) electrons. The SMILES string of the molecule is CC(=O)OOCC(=O)[C@@H](O)[C@H](O)[C@H](O)CO. The van der Waals surface area contributed by atoms with Gasteiger partial charge in [-0.05, 0) is 0 Å². The van der Waals surface area contributed by atoms with Crippen molar-refractivity contribution in [2.75, 3.05) is 13.2 Å². The summed E-state index contributed by atoms with van der Waals surface area (Å²) in [6, 6.07) is 0. The molecule has 0 spiro atoms. The number of Topliss-reactive ketones (excluding diaryl/α,β-unsaturated/α-hetero) is 1. The second-order valence-electron chi connectivity index (χ2n) is 2.99. The number of rotatable bonds is 7. The molecule has 0 aromatic carbocycles. The standard InChI is InChI=1S/C8H14O8/c1-4(10)16-15-3-6(12)8(14)7(13)5(11)2-9/h5,7-9,11,13-14H,2-3H2,1H3/t5-,7-,8-/m1/s1. The summed E-state index contributed by atoms with van der Waals surface area (Å²) in [4.78, 5) is 29.4. The van der Waals surface area contributed by atoms with Crippen LogP contribution in [0.25, 0.3) is 0 Å². The molecule has 0 rings (SSSR count). The molecule has 0 bridgehead atoms. The Labute approximate surface area is 91.0 Å². The Morgan fingerprint density at radius 1 is 1.25 bits per heavy atom. The van der Waals surface area contributed by atoms with E-state index in [0.717, 1.165) is 6.92 Å². The van der Waals surface area contributed by atoms with Crippen molar-refractivity contribution < 1.29 is 39.8 Å². The summed E-state index contributed by atoms with van der Waals surface area (Å²) in [5.74, 6) is -1.78. The highest BCUT2D eigenvalue weighted by atomic mass is 17.2. The van der Waals surface area contributed by atoms with Crippen LogP contribution in [0.2, 0.25) is 0 Å². The molecular formula is C8H14O8. The third-order valence-corrected chi connectivity index (χ3v) is 1.61. The molecule has 0 aromatic rings. The van der Waals surface area contributed by atoms with Crippen molar-refractivity contribution in [2.45, 2.75) is 25.2 Å². The van der Waals surface area contributed by atoms with Gasteiger partial charge in [-0.25, -0.2) is 4.79 Å². The fourth-order valence-electron chi connectivity index (χ4n) is 0.765. The lowest BCUT2D eigenvalue weighted by Crippen LogP contribution is -2.45. The fourth-order valence-corrected chi connectivity index (χ4v) is 0.765. The van der Waals surface area contributed by atoms with Crippen LogP contribution < -0.4 is 0 Å². The second-order valence-corrected chi connectivity index (χ2v) is 2.99. The van der Waals surface area contributed by atoms with E-state index in [1.54, 1.807) is 0 Å². The van der Waals surface area contributed by atoms with Crippen LogP contribution in [0.1, 0.15) is 6.92 Å². The first-order valence-corrected chi connectivity index (χ1v) is 4.38. The van der Waals surface area contributed by atoms with E-state index in [-0.39, 0.29) is 0 Å². The summed E-state index contributed by atoms with van der Waals surface area (Å²) in [6.45, 7) is -0.530. The summed E-state index contributed by atoms with van der Waals surface area (Å²) in [7, 11) is 0. The zero-order valence-corrected chi connectivity index (χ0v) is 8.57. The predicted molar refractivity (Wildman–Crippen MR) is 47.8 cm³/mol. The average molecular weight is 238 g/mol. The van der Waals surface area contributed by atoms with E-state index >= 15 is 0 Å². The monoisotopic (exact) mass is 238 g/mol. The second kappa shape index (κ2) is 7.25. The van der Waals surface area contributed by atoms with E-state index < -0.39 is 43.3 Å². The van der Waals surface area contributed by atoms with Gasteiger partial charge in [-0.1, -0.05) is 0 Å². The molecule has 0 aliphatic heterocycles. The highest BCUT2D eigenvalue weighted by Crippen LogP contribution is 2.01. The van der Waals surface area contributed by atoms with Crippen LogP contribution >= 0.6 is 0 Å². The van der Waals surface area contributed by atoms with E-state index in [9.17, 15) is 9.59 Å². The third kappa shape index (κ3) is 5.14. The first kappa shape index (κ1) is 14.9. The van der Waals surface area contributed by atoms with Crippen molar-refractivity contribution in [3.63, 3.8) is 0 Å². The summed E-state index contributed by atoms with van der Waals surface area (Å²) in [5, 5.41) is 35.7. The summed E-state index contributed by atoms with van der Waals surface area (Å²) in [6.07, 6.45) is -5.41. The molecule has 0 unspecified atom stereocenters. The number of ketones is 1. The fraction of sp³-hybridized carbons (Fsp3) is 0.750. The van der Waals surface area contributed by atoms with Gasteiger partial charge < -0.3 is 20.4 Å². The van der Waals surface area contributed by atoms with Gasteiger partial charge in [0.2, 0.25) is 0 Å². The lowest BCUT2D eigenvalue weighted by atomic mass is 10.1. The molecule has 3 atom stereocenters. The smallest absolute Gasteiger partial charge is 0.339 e. The number of aliphatic hydroxyl groups is 4. The maximum Gasteiger partial charge on any atom is 0.339 e. The number of hydrogen-bond donors (Lipinski definition) is 4. The van der Waals surface area contributed by atoms with Crippen molar-refractivity contribution in [3.8, 4) is 0 Å². The summed E-state index contributed by atoms with van der Waals surface area (Å²) >= 11 is 0. The minimum Gasteiger partial charge on any atom is -0.394 e. The average Bonchev–Trinajstić information content (AvgIpc) is 2.25. The van der Waals surface area contributed by atoms with Gasteiger partial charge in [-0.15, -0.1) is 0 Å². The number of aliphatic hydroxyl groups excluding tert-OH is 4. The van der Waals surface area contributed by atoms with E-state index in [4.69, 9.17) is 20.4 Å². The van der Waals surface area contributed by atoms with Gasteiger partial charge in [0.25, 0.3) is 0 Å². The van der Waals surface area contributed by atoms with Crippen molar-refractivity contribution >= 4 is 11.8 Å². The minimum absolute atomic E-state index is 0.768. The van der Waals surface area contributed by atoms with Gasteiger partial charge in [0.05, 0.1) is 6.61 Å². The van der Waals surface area contributed by atoms with Crippen molar-refractivity contribution in [1.29, 1.82) is 0 Å². The van der Waals surface area contributed by atoms with E-state index in [1.807, 2.05) is 0 Å². The van der Waals surface area contributed by atoms with Crippen LogP contribution in [-0.4, -0.2) is 63.7 Å². The van der Waals surface area contributed by atoms with Gasteiger partial charge in [-0.3, -0.25) is 9.68 Å². The van der Waals surface area contributed by atoms with Gasteiger partial charge in [-0.2, -0.15) is 4.89 Å². The quantitative estimate of drug-likeness (QED) is 0.274. The van der Waals surface area contributed by atoms with Gasteiger partial charge in [0, 0.05) is 6.92 Å². The molecule has 16 heavy (non-hydrogen) atoms. The highest BCUT2D eigenvalue weighted by molar-refractivity contribution is 5.84. The molecule has 0 saturated heterocycles. The number of carbonyl (C=O) groups is 2. The molecular weight excluding hydrogens is 224 g/mol. The molecule has 0 fully saturated rings. The Morgan fingerprint density at radius 2 is 1.81 bits per heavy atom. The van der Waals surface area contributed by atoms with E-state index in [2.05, 4.69) is 9.78 Å². The Balaban J connectivity index is 4.02. The van der Waals surface area contributed by atoms with Gasteiger partial charge in [0.15, 0.2) is 12.4 Å². The largest absolute Gasteiger partial charge is 0.394 e. The Morgan fingerprint density at radius 3 is 2.25 bits per heavy atom. The Hall–Kier alpha value is -1.06. The van der Waals surface area contributed by atoms with E-state index in [1.165, 1.54) is 0 Å².